The van der Waals surface area contributed by atoms with Gasteiger partial charge in [-0.15, -0.1) is 0 Å². The first kappa shape index (κ1) is 13.0. The Kier molecular flexibility index (Phi) is 3.96. The quantitative estimate of drug-likeness (QED) is 0.807. The van der Waals surface area contributed by atoms with Crippen molar-refractivity contribution in [3.8, 4) is 0 Å². The summed E-state index contributed by atoms with van der Waals surface area (Å²) >= 11 is 0. The van der Waals surface area contributed by atoms with Crippen LogP contribution in [-0.4, -0.2) is 41.3 Å². The number of nitrogens with zero attached hydrogens (tertiary/aromatic N) is 2. The molecule has 18 heavy (non-hydrogen) atoms. The monoisotopic (exact) mass is 250 g/mol. The number of hydrogen-bond donors (Lipinski definition) is 1. The van der Waals surface area contributed by atoms with Gasteiger partial charge < -0.3 is 19.1 Å². The van der Waals surface area contributed by atoms with Crippen LogP contribution in [-0.2, 0) is 22.9 Å². The first-order chi connectivity index (χ1) is 8.67. The average molecular weight is 250 g/mol. The highest BCUT2D eigenvalue weighted by Crippen LogP contribution is 2.16. The summed E-state index contributed by atoms with van der Waals surface area (Å²) in [4.78, 5) is 4.50. The molecule has 0 fully saturated rings. The zero-order chi connectivity index (χ0) is 13.1. The second kappa shape index (κ2) is 5.48. The van der Waals surface area contributed by atoms with E-state index in [0.717, 1.165) is 16.9 Å². The molecule has 1 atom stereocenters. The highest BCUT2D eigenvalue weighted by atomic mass is 16.7. The average Bonchev–Trinajstić information content (AvgIpc) is 2.68. The summed E-state index contributed by atoms with van der Waals surface area (Å²) in [5.41, 5.74) is 1.97. The Morgan fingerprint density at radius 1 is 1.28 bits per heavy atom. The first-order valence-corrected chi connectivity index (χ1v) is 5.81. The number of benzene rings is 1. The summed E-state index contributed by atoms with van der Waals surface area (Å²) in [5, 5.41) is 10.0. The van der Waals surface area contributed by atoms with Crippen LogP contribution < -0.4 is 0 Å². The summed E-state index contributed by atoms with van der Waals surface area (Å²) in [5.74, 6) is 0.808. The summed E-state index contributed by atoms with van der Waals surface area (Å²) in [6.45, 7) is 0. The van der Waals surface area contributed by atoms with Crippen LogP contribution in [0.1, 0.15) is 5.82 Å². The Bertz CT molecular complexity index is 520. The van der Waals surface area contributed by atoms with Crippen molar-refractivity contribution in [1.82, 2.24) is 9.55 Å². The van der Waals surface area contributed by atoms with Crippen molar-refractivity contribution < 1.29 is 14.6 Å². The Balaban J connectivity index is 2.24. The standard InChI is InChI=1S/C13H18N2O3/c1-15-10-7-5-4-6-9(10)14-12(15)8-11(16)13(17-2)18-3/h4-7,11,13,16H,8H2,1-3H3. The number of ether oxygens (including phenoxy) is 2. The minimum Gasteiger partial charge on any atom is -0.387 e. The Morgan fingerprint density at radius 2 is 1.94 bits per heavy atom. The maximum atomic E-state index is 10.0. The van der Waals surface area contributed by atoms with Crippen LogP contribution in [0.5, 0.6) is 0 Å². The molecular formula is C13H18N2O3. The molecule has 1 N–H and O–H groups in total. The molecule has 0 saturated carbocycles. The molecule has 1 heterocycles. The first-order valence-electron chi connectivity index (χ1n) is 5.81. The fourth-order valence-electron chi connectivity index (χ4n) is 2.07. The molecule has 2 rings (SSSR count). The highest BCUT2D eigenvalue weighted by Gasteiger charge is 2.21. The number of methoxy groups -OCH3 is 2. The van der Waals surface area contributed by atoms with Gasteiger partial charge >= 0.3 is 0 Å². The smallest absolute Gasteiger partial charge is 0.183 e. The number of hydrogen-bond acceptors (Lipinski definition) is 4. The molecule has 0 saturated heterocycles. The third-order valence-electron chi connectivity index (χ3n) is 3.05. The molecule has 1 aromatic carbocycles. The van der Waals surface area contributed by atoms with Crippen LogP contribution in [0.4, 0.5) is 0 Å². The van der Waals surface area contributed by atoms with Gasteiger partial charge in [-0.25, -0.2) is 4.98 Å². The van der Waals surface area contributed by atoms with Crippen LogP contribution in [0.25, 0.3) is 11.0 Å². The largest absolute Gasteiger partial charge is 0.387 e. The van der Waals surface area contributed by atoms with E-state index in [2.05, 4.69) is 4.98 Å². The van der Waals surface area contributed by atoms with E-state index in [1.165, 1.54) is 14.2 Å². The third kappa shape index (κ3) is 2.38. The van der Waals surface area contributed by atoms with Crippen molar-refractivity contribution in [2.45, 2.75) is 18.8 Å². The highest BCUT2D eigenvalue weighted by molar-refractivity contribution is 5.75. The minimum absolute atomic E-state index is 0.386. The van der Waals surface area contributed by atoms with Crippen molar-refractivity contribution in [1.29, 1.82) is 0 Å². The maximum Gasteiger partial charge on any atom is 0.183 e. The zero-order valence-electron chi connectivity index (χ0n) is 10.8. The van der Waals surface area contributed by atoms with Crippen LogP contribution in [0, 0.1) is 0 Å². The second-order valence-corrected chi connectivity index (χ2v) is 4.19. The fraction of sp³-hybridized carbons (Fsp3) is 0.462. The van der Waals surface area contributed by atoms with E-state index in [1.807, 2.05) is 35.9 Å². The van der Waals surface area contributed by atoms with Gasteiger partial charge in [0.15, 0.2) is 6.29 Å². The molecule has 0 aliphatic rings. The fourth-order valence-corrected chi connectivity index (χ4v) is 2.07. The molecule has 1 unspecified atom stereocenters. The SMILES string of the molecule is COC(OC)C(O)Cc1nc2ccccc2n1C. The van der Waals surface area contributed by atoms with E-state index in [0.29, 0.717) is 6.42 Å². The summed E-state index contributed by atoms with van der Waals surface area (Å²) < 4.78 is 12.0. The molecule has 2 aromatic rings. The van der Waals surface area contributed by atoms with Gasteiger partial charge in [-0.05, 0) is 12.1 Å². The predicted molar refractivity (Wildman–Crippen MR) is 68.2 cm³/mol. The number of rotatable bonds is 5. The van der Waals surface area contributed by atoms with Gasteiger partial charge in [0, 0.05) is 27.7 Å². The lowest BCUT2D eigenvalue weighted by atomic mass is 10.2. The molecular weight excluding hydrogens is 232 g/mol. The van der Waals surface area contributed by atoms with E-state index in [-0.39, 0.29) is 0 Å². The second-order valence-electron chi connectivity index (χ2n) is 4.19. The number of imidazole rings is 1. The molecule has 0 amide bonds. The van der Waals surface area contributed by atoms with E-state index in [4.69, 9.17) is 9.47 Å². The maximum absolute atomic E-state index is 10.0. The van der Waals surface area contributed by atoms with Gasteiger partial charge in [0.2, 0.25) is 0 Å². The molecule has 0 aliphatic heterocycles. The van der Waals surface area contributed by atoms with Crippen molar-refractivity contribution in [3.63, 3.8) is 0 Å². The van der Waals surface area contributed by atoms with Gasteiger partial charge in [-0.3, -0.25) is 0 Å². The van der Waals surface area contributed by atoms with Crippen molar-refractivity contribution in [3.05, 3.63) is 30.1 Å². The number of fused-ring (bicyclic) bond motifs is 1. The van der Waals surface area contributed by atoms with Gasteiger partial charge in [0.05, 0.1) is 11.0 Å². The molecule has 1 aromatic heterocycles. The summed E-state index contributed by atoms with van der Waals surface area (Å²) in [6, 6.07) is 7.87. The van der Waals surface area contributed by atoms with Crippen LogP contribution in [0.2, 0.25) is 0 Å². The van der Waals surface area contributed by atoms with E-state index in [9.17, 15) is 5.11 Å². The number of aliphatic hydroxyl groups is 1. The lowest BCUT2D eigenvalue weighted by Crippen LogP contribution is -2.32. The van der Waals surface area contributed by atoms with Crippen LogP contribution in [0.15, 0.2) is 24.3 Å². The Labute approximate surface area is 106 Å². The molecule has 0 spiro atoms. The molecule has 5 heteroatoms. The number of para-hydroxylation sites is 2. The predicted octanol–water partition coefficient (Wildman–Crippen LogP) is 1.10. The topological polar surface area (TPSA) is 56.5 Å². The Hall–Kier alpha value is -1.43. The lowest BCUT2D eigenvalue weighted by molar-refractivity contribution is -0.163. The molecule has 0 radical (unpaired) electrons. The van der Waals surface area contributed by atoms with Gasteiger partial charge in [-0.2, -0.15) is 0 Å². The van der Waals surface area contributed by atoms with Gasteiger partial charge in [0.1, 0.15) is 11.9 Å². The minimum atomic E-state index is -0.740. The molecule has 0 aliphatic carbocycles. The third-order valence-corrected chi connectivity index (χ3v) is 3.05. The van der Waals surface area contributed by atoms with E-state index < -0.39 is 12.4 Å². The van der Waals surface area contributed by atoms with E-state index >= 15 is 0 Å². The normalized spacial score (nSPS) is 13.4. The van der Waals surface area contributed by atoms with E-state index in [1.54, 1.807) is 0 Å². The van der Waals surface area contributed by atoms with Crippen LogP contribution >= 0.6 is 0 Å². The van der Waals surface area contributed by atoms with Gasteiger partial charge in [-0.1, -0.05) is 12.1 Å². The zero-order valence-corrected chi connectivity index (χ0v) is 10.8. The summed E-state index contributed by atoms with van der Waals surface area (Å²) in [6.07, 6.45) is -0.988. The summed E-state index contributed by atoms with van der Waals surface area (Å²) in [7, 11) is 4.95. The van der Waals surface area contributed by atoms with Crippen LogP contribution in [0.3, 0.4) is 0 Å². The Morgan fingerprint density at radius 3 is 2.56 bits per heavy atom. The van der Waals surface area contributed by atoms with Gasteiger partial charge in [0.25, 0.3) is 0 Å². The molecule has 0 bridgehead atoms. The van der Waals surface area contributed by atoms with Crippen molar-refractivity contribution in [2.75, 3.05) is 14.2 Å². The molecule has 5 nitrogen and oxygen atoms in total. The molecule has 98 valence electrons. The number of aliphatic hydroxyl groups excluding tert-OH is 1. The number of aryl methyl sites for hydroxylation is 1. The van der Waals surface area contributed by atoms with Crippen molar-refractivity contribution in [2.24, 2.45) is 7.05 Å². The lowest BCUT2D eigenvalue weighted by Gasteiger charge is -2.19. The number of aromatic nitrogens is 2. The van der Waals surface area contributed by atoms with Crippen molar-refractivity contribution >= 4 is 11.0 Å².